The molecule has 6 heteroatoms. The number of nitrogens with zero attached hydrogens (tertiary/aromatic N) is 1. The summed E-state index contributed by atoms with van der Waals surface area (Å²) >= 11 is 0. The van der Waals surface area contributed by atoms with Crippen LogP contribution in [0.1, 0.15) is 16.1 Å². The van der Waals surface area contributed by atoms with E-state index >= 15 is 0 Å². The SMILES string of the molecule is COc1ccc(CN2C(=O)CNC(=O)c3[nH]ccc32)cc1. The van der Waals surface area contributed by atoms with Gasteiger partial charge < -0.3 is 19.9 Å². The molecule has 2 amide bonds. The highest BCUT2D eigenvalue weighted by Gasteiger charge is 2.27. The first-order valence-corrected chi connectivity index (χ1v) is 6.58. The van der Waals surface area contributed by atoms with Crippen LogP contribution in [-0.2, 0) is 11.3 Å². The number of rotatable bonds is 3. The van der Waals surface area contributed by atoms with Crippen molar-refractivity contribution in [2.24, 2.45) is 0 Å². The lowest BCUT2D eigenvalue weighted by Gasteiger charge is -2.20. The van der Waals surface area contributed by atoms with Crippen LogP contribution < -0.4 is 15.0 Å². The smallest absolute Gasteiger partial charge is 0.270 e. The molecule has 2 aromatic rings. The van der Waals surface area contributed by atoms with Crippen molar-refractivity contribution in [2.75, 3.05) is 18.6 Å². The Hall–Kier alpha value is -2.76. The van der Waals surface area contributed by atoms with Crippen molar-refractivity contribution in [2.45, 2.75) is 6.54 Å². The fourth-order valence-corrected chi connectivity index (χ4v) is 2.33. The van der Waals surface area contributed by atoms with Crippen LogP contribution in [0.25, 0.3) is 0 Å². The highest BCUT2D eigenvalue weighted by Crippen LogP contribution is 2.24. The number of H-pyrrole nitrogens is 1. The number of anilines is 1. The van der Waals surface area contributed by atoms with E-state index in [4.69, 9.17) is 4.74 Å². The minimum absolute atomic E-state index is 0.00247. The van der Waals surface area contributed by atoms with Crippen LogP contribution in [0.15, 0.2) is 36.5 Å². The number of carbonyl (C=O) groups is 2. The van der Waals surface area contributed by atoms with Crippen LogP contribution in [0.2, 0.25) is 0 Å². The van der Waals surface area contributed by atoms with Crippen LogP contribution >= 0.6 is 0 Å². The van der Waals surface area contributed by atoms with Gasteiger partial charge in [-0.25, -0.2) is 0 Å². The lowest BCUT2D eigenvalue weighted by Crippen LogP contribution is -2.36. The summed E-state index contributed by atoms with van der Waals surface area (Å²) in [6.07, 6.45) is 1.66. The molecule has 108 valence electrons. The van der Waals surface area contributed by atoms with Gasteiger partial charge >= 0.3 is 0 Å². The minimum atomic E-state index is -0.263. The molecule has 0 atom stereocenters. The van der Waals surface area contributed by atoms with Gasteiger partial charge in [0.05, 0.1) is 25.9 Å². The Kier molecular flexibility index (Phi) is 3.35. The topological polar surface area (TPSA) is 74.4 Å². The van der Waals surface area contributed by atoms with E-state index in [1.54, 1.807) is 24.3 Å². The molecule has 1 aromatic heterocycles. The molecule has 3 rings (SSSR count). The zero-order valence-corrected chi connectivity index (χ0v) is 11.6. The van der Waals surface area contributed by atoms with E-state index in [2.05, 4.69) is 10.3 Å². The zero-order chi connectivity index (χ0) is 14.8. The number of hydrogen-bond acceptors (Lipinski definition) is 3. The fraction of sp³-hybridized carbons (Fsp3) is 0.200. The molecule has 1 aliphatic rings. The largest absolute Gasteiger partial charge is 0.497 e. The highest BCUT2D eigenvalue weighted by molar-refractivity contribution is 6.08. The molecule has 2 N–H and O–H groups in total. The van der Waals surface area contributed by atoms with Gasteiger partial charge in [0.1, 0.15) is 11.4 Å². The molecular formula is C15H15N3O3. The molecule has 6 nitrogen and oxygen atoms in total. The first-order chi connectivity index (χ1) is 10.2. The second-order valence-corrected chi connectivity index (χ2v) is 4.75. The maximum atomic E-state index is 12.2. The Bertz CT molecular complexity index is 676. The quantitative estimate of drug-likeness (QED) is 0.892. The Morgan fingerprint density at radius 3 is 2.67 bits per heavy atom. The average molecular weight is 285 g/mol. The number of benzene rings is 1. The van der Waals surface area contributed by atoms with E-state index in [0.29, 0.717) is 17.9 Å². The average Bonchev–Trinajstić information content (AvgIpc) is 2.96. The van der Waals surface area contributed by atoms with Crippen LogP contribution in [0.4, 0.5) is 5.69 Å². The molecule has 1 aliphatic heterocycles. The van der Waals surface area contributed by atoms with Gasteiger partial charge in [-0.2, -0.15) is 0 Å². The van der Waals surface area contributed by atoms with Crippen LogP contribution in [0.5, 0.6) is 5.75 Å². The van der Waals surface area contributed by atoms with Crippen molar-refractivity contribution in [1.82, 2.24) is 10.3 Å². The van der Waals surface area contributed by atoms with Crippen LogP contribution in [0.3, 0.4) is 0 Å². The molecule has 0 saturated carbocycles. The van der Waals surface area contributed by atoms with Crippen molar-refractivity contribution < 1.29 is 14.3 Å². The summed E-state index contributed by atoms with van der Waals surface area (Å²) < 4.78 is 5.12. The van der Waals surface area contributed by atoms with E-state index in [9.17, 15) is 9.59 Å². The third-order valence-corrected chi connectivity index (χ3v) is 3.44. The van der Waals surface area contributed by atoms with Crippen molar-refractivity contribution >= 4 is 17.5 Å². The fourth-order valence-electron chi connectivity index (χ4n) is 2.33. The van der Waals surface area contributed by atoms with Gasteiger partial charge in [-0.3, -0.25) is 9.59 Å². The summed E-state index contributed by atoms with van der Waals surface area (Å²) in [5.74, 6) is 0.359. The summed E-state index contributed by atoms with van der Waals surface area (Å²) in [5.41, 5.74) is 1.98. The molecule has 1 aromatic carbocycles. The summed E-state index contributed by atoms with van der Waals surface area (Å²) in [6, 6.07) is 9.23. The van der Waals surface area contributed by atoms with Gasteiger partial charge in [0.25, 0.3) is 5.91 Å². The number of nitrogens with one attached hydrogen (secondary N) is 2. The van der Waals surface area contributed by atoms with Crippen molar-refractivity contribution in [1.29, 1.82) is 0 Å². The Morgan fingerprint density at radius 1 is 1.19 bits per heavy atom. The molecule has 0 aliphatic carbocycles. The molecule has 2 heterocycles. The Morgan fingerprint density at radius 2 is 1.95 bits per heavy atom. The highest BCUT2D eigenvalue weighted by atomic mass is 16.5. The van der Waals surface area contributed by atoms with Crippen LogP contribution in [0, 0.1) is 0 Å². The number of hydrogen-bond donors (Lipinski definition) is 2. The number of fused-ring (bicyclic) bond motifs is 1. The van der Waals surface area contributed by atoms with Crippen LogP contribution in [-0.4, -0.2) is 30.5 Å². The summed E-state index contributed by atoms with van der Waals surface area (Å²) in [6.45, 7) is 0.403. The van der Waals surface area contributed by atoms with Gasteiger partial charge in [-0.15, -0.1) is 0 Å². The van der Waals surface area contributed by atoms with E-state index < -0.39 is 0 Å². The predicted octanol–water partition coefficient (Wildman–Crippen LogP) is 1.30. The van der Waals surface area contributed by atoms with Gasteiger partial charge in [0.15, 0.2) is 0 Å². The molecular weight excluding hydrogens is 270 g/mol. The number of methoxy groups -OCH3 is 1. The molecule has 0 fully saturated rings. The first kappa shape index (κ1) is 13.2. The molecule has 0 spiro atoms. The number of amides is 2. The summed E-state index contributed by atoms with van der Waals surface area (Å²) in [7, 11) is 1.61. The third kappa shape index (κ3) is 2.47. The molecule has 0 unspecified atom stereocenters. The Labute approximate surface area is 121 Å². The third-order valence-electron chi connectivity index (χ3n) is 3.44. The first-order valence-electron chi connectivity index (χ1n) is 6.58. The van der Waals surface area contributed by atoms with Gasteiger partial charge in [-0.05, 0) is 23.8 Å². The monoisotopic (exact) mass is 285 g/mol. The van der Waals surface area contributed by atoms with E-state index in [1.807, 2.05) is 24.3 Å². The van der Waals surface area contributed by atoms with Crippen molar-refractivity contribution in [3.8, 4) is 5.75 Å². The zero-order valence-electron chi connectivity index (χ0n) is 11.6. The number of aromatic amines is 1. The standard InChI is InChI=1S/C15H15N3O3/c1-21-11-4-2-10(3-5-11)9-18-12-6-7-16-14(12)15(20)17-8-13(18)19/h2-7,16H,8-9H2,1H3,(H,17,20). The summed E-state index contributed by atoms with van der Waals surface area (Å²) in [5, 5.41) is 2.59. The molecule has 0 radical (unpaired) electrons. The van der Waals surface area contributed by atoms with E-state index in [-0.39, 0.29) is 18.4 Å². The van der Waals surface area contributed by atoms with Gasteiger partial charge in [0, 0.05) is 6.20 Å². The van der Waals surface area contributed by atoms with E-state index in [1.165, 1.54) is 0 Å². The lowest BCUT2D eigenvalue weighted by molar-refractivity contribution is -0.117. The maximum Gasteiger partial charge on any atom is 0.270 e. The van der Waals surface area contributed by atoms with Crippen molar-refractivity contribution in [3.63, 3.8) is 0 Å². The molecule has 0 bridgehead atoms. The second-order valence-electron chi connectivity index (χ2n) is 4.75. The maximum absolute atomic E-state index is 12.2. The number of aromatic nitrogens is 1. The lowest BCUT2D eigenvalue weighted by atomic mass is 10.2. The van der Waals surface area contributed by atoms with Gasteiger partial charge in [-0.1, -0.05) is 12.1 Å². The molecule has 0 saturated heterocycles. The van der Waals surface area contributed by atoms with Gasteiger partial charge in [0.2, 0.25) is 5.91 Å². The number of carbonyl (C=O) groups excluding carboxylic acids is 2. The summed E-state index contributed by atoms with van der Waals surface area (Å²) in [4.78, 5) is 28.6. The normalized spacial score (nSPS) is 14.4. The molecule has 21 heavy (non-hydrogen) atoms. The predicted molar refractivity (Wildman–Crippen MR) is 77.3 cm³/mol. The van der Waals surface area contributed by atoms with Crippen molar-refractivity contribution in [3.05, 3.63) is 47.8 Å². The minimum Gasteiger partial charge on any atom is -0.497 e. The Balaban J connectivity index is 1.90. The van der Waals surface area contributed by atoms with E-state index in [0.717, 1.165) is 11.3 Å². The number of ether oxygens (including phenoxy) is 1. The second kappa shape index (κ2) is 5.32.